The van der Waals surface area contributed by atoms with Gasteiger partial charge in [-0.2, -0.15) is 0 Å². The second-order valence-corrected chi connectivity index (χ2v) is 8.19. The maximum Gasteiger partial charge on any atom is 0.165 e. The number of hydrogen-bond donors (Lipinski definition) is 1. The molecule has 2 bridgehead atoms. The summed E-state index contributed by atoms with van der Waals surface area (Å²) in [7, 11) is 6.79. The molecule has 0 amide bonds. The van der Waals surface area contributed by atoms with Crippen LogP contribution in [0, 0.1) is 0 Å². The van der Waals surface area contributed by atoms with Crippen molar-refractivity contribution in [3.8, 4) is 11.5 Å². The van der Waals surface area contributed by atoms with Gasteiger partial charge in [0.05, 0.1) is 5.41 Å². The van der Waals surface area contributed by atoms with Crippen LogP contribution < -0.4 is 4.74 Å². The van der Waals surface area contributed by atoms with Gasteiger partial charge in [0, 0.05) is 17.1 Å². The third-order valence-corrected chi connectivity index (χ3v) is 7.43. The van der Waals surface area contributed by atoms with Gasteiger partial charge < -0.3 is 19.6 Å². The second-order valence-electron chi connectivity index (χ2n) is 8.19. The summed E-state index contributed by atoms with van der Waals surface area (Å²) >= 11 is 0. The molecule has 5 rings (SSSR count). The van der Waals surface area contributed by atoms with Crippen LogP contribution in [0.1, 0.15) is 36.8 Å². The van der Waals surface area contributed by atoms with E-state index in [-0.39, 0.29) is 17.1 Å². The molecule has 0 unspecified atom stereocenters. The van der Waals surface area contributed by atoms with E-state index in [1.807, 2.05) is 6.07 Å². The number of piperidine rings is 1. The monoisotopic (exact) mass is 314 g/mol. The lowest BCUT2D eigenvalue weighted by Crippen LogP contribution is -2.79. The molecule has 23 heavy (non-hydrogen) atoms. The molecule has 1 N–H and O–H groups in total. The van der Waals surface area contributed by atoms with Crippen molar-refractivity contribution in [1.29, 1.82) is 0 Å². The lowest BCUT2D eigenvalue weighted by Gasteiger charge is -2.67. The molecule has 2 aliphatic heterocycles. The van der Waals surface area contributed by atoms with Gasteiger partial charge in [0.25, 0.3) is 0 Å². The number of benzene rings is 1. The van der Waals surface area contributed by atoms with E-state index in [1.54, 1.807) is 0 Å². The van der Waals surface area contributed by atoms with Gasteiger partial charge in [-0.1, -0.05) is 6.07 Å². The quantitative estimate of drug-likeness (QED) is 0.861. The molecule has 4 nitrogen and oxygen atoms in total. The summed E-state index contributed by atoms with van der Waals surface area (Å²) in [5.74, 6) is 1.13. The molecule has 1 saturated heterocycles. The minimum Gasteiger partial charge on any atom is -0.504 e. The van der Waals surface area contributed by atoms with E-state index in [9.17, 15) is 5.11 Å². The zero-order valence-electron chi connectivity index (χ0n) is 14.3. The van der Waals surface area contributed by atoms with Crippen LogP contribution in [0.15, 0.2) is 12.1 Å². The van der Waals surface area contributed by atoms with Crippen LogP contribution in [0.25, 0.3) is 0 Å². The first-order valence-corrected chi connectivity index (χ1v) is 8.92. The van der Waals surface area contributed by atoms with Crippen LogP contribution in [-0.4, -0.2) is 60.3 Å². The number of hydrogen-bond acceptors (Lipinski definition) is 4. The first-order valence-electron chi connectivity index (χ1n) is 8.92. The Labute approximate surface area is 138 Å². The van der Waals surface area contributed by atoms with E-state index < -0.39 is 0 Å². The number of aromatic hydroxyl groups is 1. The number of nitrogens with zero attached hydrogens (tertiary/aromatic N) is 2. The van der Waals surface area contributed by atoms with Crippen molar-refractivity contribution in [3.63, 3.8) is 0 Å². The molecule has 0 radical (unpaired) electrons. The SMILES string of the molecule is CN1CC[C@]23c4c5ccc(O)c4O[C@H]2CCC[C@@]3(N(C)C)[C@H]1C5. The van der Waals surface area contributed by atoms with E-state index in [4.69, 9.17) is 4.74 Å². The lowest BCUT2D eigenvalue weighted by atomic mass is 9.47. The highest BCUT2D eigenvalue weighted by Crippen LogP contribution is 2.66. The first kappa shape index (κ1) is 14.1. The zero-order chi connectivity index (χ0) is 16.0. The summed E-state index contributed by atoms with van der Waals surface area (Å²) in [5.41, 5.74) is 2.92. The fourth-order valence-corrected chi connectivity index (χ4v) is 6.67. The Bertz CT molecular complexity index is 688. The molecule has 4 heteroatoms. The van der Waals surface area contributed by atoms with E-state index in [0.29, 0.717) is 11.8 Å². The van der Waals surface area contributed by atoms with Gasteiger partial charge in [-0.3, -0.25) is 0 Å². The molecule has 0 aromatic heterocycles. The van der Waals surface area contributed by atoms with Crippen molar-refractivity contribution in [2.45, 2.75) is 55.2 Å². The standard InChI is InChI=1S/C19H26N2O2/c1-20(2)19-8-4-5-15-18(19)9-10-21(3)14(19)11-12-6-7-13(22)17(23-15)16(12)18/h6-7,14-15,22H,4-5,8-11H2,1-3H3/t14-,15+,18-,19-/m1/s1. The molecule has 2 aliphatic carbocycles. The normalized spacial score (nSPS) is 40.9. The highest BCUT2D eigenvalue weighted by molar-refractivity contribution is 5.62. The maximum absolute atomic E-state index is 10.4. The summed E-state index contributed by atoms with van der Waals surface area (Å²) in [6.45, 7) is 1.12. The van der Waals surface area contributed by atoms with Gasteiger partial charge in [-0.25, -0.2) is 0 Å². The van der Waals surface area contributed by atoms with Crippen molar-refractivity contribution >= 4 is 0 Å². The molecular weight excluding hydrogens is 288 g/mol. The number of likely N-dealkylation sites (N-methyl/N-ethyl adjacent to an activating group) is 2. The molecule has 1 aromatic rings. The summed E-state index contributed by atoms with van der Waals surface area (Å²) < 4.78 is 6.42. The Kier molecular flexibility index (Phi) is 2.59. The Hall–Kier alpha value is -1.26. The van der Waals surface area contributed by atoms with Gasteiger partial charge >= 0.3 is 0 Å². The Morgan fingerprint density at radius 1 is 1.30 bits per heavy atom. The average Bonchev–Trinajstić information content (AvgIpc) is 2.87. The molecule has 2 fully saturated rings. The Balaban J connectivity index is 1.87. The average molecular weight is 314 g/mol. The molecule has 1 aromatic carbocycles. The van der Waals surface area contributed by atoms with Crippen molar-refractivity contribution in [1.82, 2.24) is 9.80 Å². The van der Waals surface area contributed by atoms with Crippen LogP contribution in [0.3, 0.4) is 0 Å². The van der Waals surface area contributed by atoms with Gasteiger partial charge in [0.15, 0.2) is 11.5 Å². The number of phenols is 1. The van der Waals surface area contributed by atoms with Crippen molar-refractivity contribution < 1.29 is 9.84 Å². The molecule has 1 spiro atoms. The van der Waals surface area contributed by atoms with Crippen LogP contribution in [-0.2, 0) is 11.8 Å². The Morgan fingerprint density at radius 3 is 2.91 bits per heavy atom. The Morgan fingerprint density at radius 2 is 2.13 bits per heavy atom. The molecule has 4 atom stereocenters. The second kappa shape index (κ2) is 4.22. The minimum absolute atomic E-state index is 0.0492. The van der Waals surface area contributed by atoms with Crippen molar-refractivity contribution in [2.24, 2.45) is 0 Å². The summed E-state index contributed by atoms with van der Waals surface area (Å²) in [6, 6.07) is 4.50. The smallest absolute Gasteiger partial charge is 0.165 e. The number of phenolic OH excluding ortho intramolecular Hbond substituents is 1. The maximum atomic E-state index is 10.4. The number of ether oxygens (including phenoxy) is 1. The molecule has 4 aliphatic rings. The minimum atomic E-state index is 0.0492. The molecule has 2 heterocycles. The van der Waals surface area contributed by atoms with Gasteiger partial charge in [0.1, 0.15) is 6.10 Å². The van der Waals surface area contributed by atoms with Gasteiger partial charge in [-0.15, -0.1) is 0 Å². The molecule has 1 saturated carbocycles. The highest BCUT2D eigenvalue weighted by atomic mass is 16.5. The van der Waals surface area contributed by atoms with Crippen LogP contribution >= 0.6 is 0 Å². The molecule has 124 valence electrons. The third-order valence-electron chi connectivity index (χ3n) is 7.43. The molecular formula is C19H26N2O2. The van der Waals surface area contributed by atoms with Gasteiger partial charge in [-0.05, 0) is 71.4 Å². The highest BCUT2D eigenvalue weighted by Gasteiger charge is 2.71. The van der Waals surface area contributed by atoms with Crippen LogP contribution in [0.5, 0.6) is 11.5 Å². The van der Waals surface area contributed by atoms with E-state index in [0.717, 1.165) is 31.6 Å². The van der Waals surface area contributed by atoms with Crippen LogP contribution in [0.4, 0.5) is 0 Å². The third kappa shape index (κ3) is 1.34. The van der Waals surface area contributed by atoms with E-state index in [2.05, 4.69) is 37.0 Å². The van der Waals surface area contributed by atoms with E-state index >= 15 is 0 Å². The fourth-order valence-electron chi connectivity index (χ4n) is 6.67. The lowest BCUT2D eigenvalue weighted by molar-refractivity contribution is -0.129. The number of rotatable bonds is 1. The topological polar surface area (TPSA) is 35.9 Å². The van der Waals surface area contributed by atoms with Crippen LogP contribution in [0.2, 0.25) is 0 Å². The van der Waals surface area contributed by atoms with E-state index in [1.165, 1.54) is 24.0 Å². The summed E-state index contributed by atoms with van der Waals surface area (Å²) in [4.78, 5) is 5.06. The number of likely N-dealkylation sites (tertiary alicyclic amines) is 1. The predicted octanol–water partition coefficient (Wildman–Crippen LogP) is 2.14. The van der Waals surface area contributed by atoms with Crippen molar-refractivity contribution in [2.75, 3.05) is 27.7 Å². The van der Waals surface area contributed by atoms with Gasteiger partial charge in [0.2, 0.25) is 0 Å². The van der Waals surface area contributed by atoms with Crippen molar-refractivity contribution in [3.05, 3.63) is 23.3 Å². The fraction of sp³-hybridized carbons (Fsp3) is 0.684. The first-order chi connectivity index (χ1) is 11.0. The summed E-state index contributed by atoms with van der Waals surface area (Å²) in [6.07, 6.45) is 5.96. The zero-order valence-corrected chi connectivity index (χ0v) is 14.3. The predicted molar refractivity (Wildman–Crippen MR) is 89.2 cm³/mol. The summed E-state index contributed by atoms with van der Waals surface area (Å²) in [5, 5.41) is 10.4. The largest absolute Gasteiger partial charge is 0.504 e.